The van der Waals surface area contributed by atoms with Crippen LogP contribution in [-0.2, 0) is 0 Å². The number of fused-ring (bicyclic) bond motifs is 5. The van der Waals surface area contributed by atoms with Crippen LogP contribution in [0.4, 0.5) is 0 Å². The molecule has 0 bridgehead atoms. The van der Waals surface area contributed by atoms with E-state index >= 15 is 0 Å². The van der Waals surface area contributed by atoms with Gasteiger partial charge in [0.2, 0.25) is 0 Å². The molecular weight excluding hydrogens is 356 g/mol. The highest BCUT2D eigenvalue weighted by molar-refractivity contribution is 5.11. The zero-order chi connectivity index (χ0) is 21.0. The maximum absolute atomic E-state index is 10.8. The van der Waals surface area contributed by atoms with Gasteiger partial charge in [0.25, 0.3) is 0 Å². The Morgan fingerprint density at radius 1 is 0.759 bits per heavy atom. The fourth-order valence-corrected chi connectivity index (χ4v) is 9.34. The second-order valence-corrected chi connectivity index (χ2v) is 12.7. The van der Waals surface area contributed by atoms with Crippen LogP contribution in [0.1, 0.15) is 105 Å². The summed E-state index contributed by atoms with van der Waals surface area (Å²) in [6.45, 7) is 12.4. The van der Waals surface area contributed by atoms with Crippen molar-refractivity contribution in [3.63, 3.8) is 0 Å². The van der Waals surface area contributed by atoms with E-state index in [1.54, 1.807) is 0 Å². The second-order valence-electron chi connectivity index (χ2n) is 12.7. The number of rotatable bonds is 5. The lowest BCUT2D eigenvalue weighted by Crippen LogP contribution is -2.58. The molecule has 4 fully saturated rings. The number of aliphatic hydroxyl groups is 2. The smallest absolute Gasteiger partial charge is 0.0832 e. The van der Waals surface area contributed by atoms with E-state index in [0.717, 1.165) is 54.8 Å². The Kier molecular flexibility index (Phi) is 6.19. The summed E-state index contributed by atoms with van der Waals surface area (Å²) >= 11 is 0. The van der Waals surface area contributed by atoms with Crippen molar-refractivity contribution >= 4 is 0 Å². The minimum Gasteiger partial charge on any atom is -0.390 e. The van der Waals surface area contributed by atoms with Crippen molar-refractivity contribution in [3.8, 4) is 0 Å². The van der Waals surface area contributed by atoms with Crippen molar-refractivity contribution in [1.82, 2.24) is 0 Å². The molecular formula is C27H48O2. The molecule has 0 aliphatic heterocycles. The van der Waals surface area contributed by atoms with Crippen LogP contribution in [0.25, 0.3) is 0 Å². The summed E-state index contributed by atoms with van der Waals surface area (Å²) in [5, 5.41) is 21.0. The Balaban J connectivity index is 1.48. The molecule has 0 aromatic rings. The van der Waals surface area contributed by atoms with Crippen molar-refractivity contribution < 1.29 is 10.2 Å². The van der Waals surface area contributed by atoms with E-state index in [1.165, 1.54) is 51.4 Å². The number of hydrogen-bond donors (Lipinski definition) is 2. The Morgan fingerprint density at radius 2 is 1.41 bits per heavy atom. The summed E-state index contributed by atoms with van der Waals surface area (Å²) in [6, 6.07) is 0. The van der Waals surface area contributed by atoms with Crippen LogP contribution in [0.3, 0.4) is 0 Å². The third kappa shape index (κ3) is 3.63. The van der Waals surface area contributed by atoms with Gasteiger partial charge in [-0.1, -0.05) is 53.9 Å². The molecule has 4 aliphatic carbocycles. The average Bonchev–Trinajstić information content (AvgIpc) is 3.02. The molecule has 0 heterocycles. The third-order valence-corrected chi connectivity index (χ3v) is 10.9. The molecule has 0 radical (unpaired) electrons. The van der Waals surface area contributed by atoms with Gasteiger partial charge in [-0.25, -0.2) is 0 Å². The van der Waals surface area contributed by atoms with Crippen LogP contribution in [-0.4, -0.2) is 22.4 Å². The second kappa shape index (κ2) is 8.12. The summed E-state index contributed by atoms with van der Waals surface area (Å²) in [7, 11) is 0. The van der Waals surface area contributed by atoms with Gasteiger partial charge in [-0.3, -0.25) is 0 Å². The maximum atomic E-state index is 10.8. The summed E-state index contributed by atoms with van der Waals surface area (Å²) in [5.41, 5.74) is 0.804. The van der Waals surface area contributed by atoms with Gasteiger partial charge in [-0.2, -0.15) is 0 Å². The fourth-order valence-electron chi connectivity index (χ4n) is 9.34. The largest absolute Gasteiger partial charge is 0.390 e. The van der Waals surface area contributed by atoms with Gasteiger partial charge in [-0.15, -0.1) is 0 Å². The minimum absolute atomic E-state index is 0.254. The lowest BCUT2D eigenvalue weighted by Gasteiger charge is -2.62. The van der Waals surface area contributed by atoms with Crippen LogP contribution in [0.2, 0.25) is 0 Å². The molecule has 168 valence electrons. The van der Waals surface area contributed by atoms with Gasteiger partial charge in [0.15, 0.2) is 0 Å². The van der Waals surface area contributed by atoms with Gasteiger partial charge in [-0.05, 0) is 104 Å². The Hall–Kier alpha value is -0.0800. The molecule has 10 atom stereocenters. The van der Waals surface area contributed by atoms with Crippen LogP contribution in [0.15, 0.2) is 0 Å². The van der Waals surface area contributed by atoms with Crippen LogP contribution in [0.5, 0.6) is 0 Å². The molecule has 0 spiro atoms. The fraction of sp³-hybridized carbons (Fsp3) is 1.00. The highest BCUT2D eigenvalue weighted by Gasteiger charge is 2.61. The Labute approximate surface area is 180 Å². The van der Waals surface area contributed by atoms with Gasteiger partial charge < -0.3 is 10.2 Å². The summed E-state index contributed by atoms with van der Waals surface area (Å²) in [4.78, 5) is 0. The van der Waals surface area contributed by atoms with E-state index < -0.39 is 12.2 Å². The van der Waals surface area contributed by atoms with Crippen molar-refractivity contribution in [2.75, 3.05) is 0 Å². The van der Waals surface area contributed by atoms with E-state index in [2.05, 4.69) is 34.6 Å². The Bertz CT molecular complexity index is 573. The van der Waals surface area contributed by atoms with Crippen molar-refractivity contribution in [1.29, 1.82) is 0 Å². The topological polar surface area (TPSA) is 40.5 Å². The van der Waals surface area contributed by atoms with E-state index in [9.17, 15) is 10.2 Å². The summed E-state index contributed by atoms with van der Waals surface area (Å²) in [5.74, 6) is 5.50. The number of hydrogen-bond acceptors (Lipinski definition) is 2. The average molecular weight is 405 g/mol. The van der Waals surface area contributed by atoms with Gasteiger partial charge in [0, 0.05) is 0 Å². The van der Waals surface area contributed by atoms with E-state index in [0.29, 0.717) is 11.3 Å². The Morgan fingerprint density at radius 3 is 2.14 bits per heavy atom. The highest BCUT2D eigenvalue weighted by Crippen LogP contribution is 2.68. The first kappa shape index (κ1) is 22.1. The third-order valence-electron chi connectivity index (χ3n) is 10.9. The molecule has 4 saturated carbocycles. The normalized spacial score (nSPS) is 50.7. The van der Waals surface area contributed by atoms with Crippen LogP contribution < -0.4 is 0 Å². The minimum atomic E-state index is -0.486. The van der Waals surface area contributed by atoms with Gasteiger partial charge in [0.05, 0.1) is 12.2 Å². The molecule has 2 nitrogen and oxygen atoms in total. The first-order valence-corrected chi connectivity index (χ1v) is 13.0. The zero-order valence-electron chi connectivity index (χ0n) is 19.9. The summed E-state index contributed by atoms with van der Waals surface area (Å²) < 4.78 is 0. The predicted octanol–water partition coefficient (Wildman–Crippen LogP) is 6.44. The maximum Gasteiger partial charge on any atom is 0.0832 e. The molecule has 4 rings (SSSR count). The molecule has 2 N–H and O–H groups in total. The van der Waals surface area contributed by atoms with Gasteiger partial charge in [0.1, 0.15) is 0 Å². The lowest BCUT2D eigenvalue weighted by molar-refractivity contribution is -0.174. The molecule has 0 aromatic heterocycles. The molecule has 29 heavy (non-hydrogen) atoms. The predicted molar refractivity (Wildman–Crippen MR) is 120 cm³/mol. The van der Waals surface area contributed by atoms with Crippen LogP contribution >= 0.6 is 0 Å². The standard InChI is InChI=1S/C27H48O2/c1-17(2)7-6-8-18(3)20-11-12-21-19-9-10-23-25(29)24(28)14-16-27(23,5)22(19)13-15-26(20,21)4/h17-25,28-29H,6-16H2,1-5H3/t18-,19+,20+,21-,22+,23+,24-,25+,26-,27-/m1/s1. The lowest BCUT2D eigenvalue weighted by atomic mass is 9.44. The van der Waals surface area contributed by atoms with Crippen LogP contribution in [0, 0.1) is 52.3 Å². The summed E-state index contributed by atoms with van der Waals surface area (Å²) in [6.07, 6.45) is 13.3. The number of aliphatic hydroxyl groups excluding tert-OH is 2. The van der Waals surface area contributed by atoms with E-state index in [4.69, 9.17) is 0 Å². The molecule has 4 aliphatic rings. The zero-order valence-corrected chi connectivity index (χ0v) is 19.9. The van der Waals surface area contributed by atoms with Crippen molar-refractivity contribution in [3.05, 3.63) is 0 Å². The van der Waals surface area contributed by atoms with Crippen molar-refractivity contribution in [2.24, 2.45) is 52.3 Å². The molecule has 0 aromatic carbocycles. The highest BCUT2D eigenvalue weighted by atomic mass is 16.3. The van der Waals surface area contributed by atoms with Crippen molar-refractivity contribution in [2.45, 2.75) is 117 Å². The molecule has 0 amide bonds. The quantitative estimate of drug-likeness (QED) is 0.553. The first-order chi connectivity index (χ1) is 13.7. The molecule has 0 saturated heterocycles. The van der Waals surface area contributed by atoms with E-state index in [1.807, 2.05) is 0 Å². The van der Waals surface area contributed by atoms with E-state index in [-0.39, 0.29) is 5.41 Å². The molecule has 0 unspecified atom stereocenters. The van der Waals surface area contributed by atoms with Gasteiger partial charge >= 0.3 is 0 Å². The monoisotopic (exact) mass is 404 g/mol. The molecule has 2 heteroatoms. The first-order valence-electron chi connectivity index (χ1n) is 13.0. The SMILES string of the molecule is CC(C)CCC[C@@H](C)[C@@H]1CC[C@@H]2[C@@H]3CC[C@H]4[C@H](O)[C@H](O)CC[C@]4(C)[C@H]3CC[C@@]21C.